The zero-order valence-electron chi connectivity index (χ0n) is 22.4. The van der Waals surface area contributed by atoms with Crippen LogP contribution in [0.4, 0.5) is 4.79 Å². The molecule has 0 radical (unpaired) electrons. The number of unbranched alkanes of at least 4 members (excludes halogenated alkanes) is 13. The molecule has 0 bridgehead atoms. The van der Waals surface area contributed by atoms with E-state index in [4.69, 9.17) is 18.6 Å². The van der Waals surface area contributed by atoms with E-state index in [1.807, 2.05) is 19.6 Å². The molecule has 1 heterocycles. The first kappa shape index (κ1) is 30.9. The summed E-state index contributed by atoms with van der Waals surface area (Å²) in [5, 5.41) is 10.4. The quantitative estimate of drug-likeness (QED) is 0.122. The van der Waals surface area contributed by atoms with Gasteiger partial charge in [0.2, 0.25) is 0 Å². The minimum Gasteiger partial charge on any atom is -0.454 e. The third-order valence-corrected chi connectivity index (χ3v) is 7.22. The molecule has 3 atom stereocenters. The normalized spacial score (nSPS) is 22.6. The lowest BCUT2D eigenvalue weighted by molar-refractivity contribution is -0.155. The lowest BCUT2D eigenvalue weighted by Crippen LogP contribution is -2.48. The summed E-state index contributed by atoms with van der Waals surface area (Å²) in [4.78, 5) is 24.1. The van der Waals surface area contributed by atoms with Crippen LogP contribution in [0.15, 0.2) is 0 Å². The van der Waals surface area contributed by atoms with Gasteiger partial charge in [0, 0.05) is 0 Å². The summed E-state index contributed by atoms with van der Waals surface area (Å²) < 4.78 is 21.4. The number of aliphatic hydroxyl groups is 1. The Morgan fingerprint density at radius 3 is 1.85 bits per heavy atom. The van der Waals surface area contributed by atoms with Gasteiger partial charge < -0.3 is 23.7 Å². The van der Waals surface area contributed by atoms with Crippen molar-refractivity contribution in [3.8, 4) is 0 Å². The summed E-state index contributed by atoms with van der Waals surface area (Å²) in [5.41, 5.74) is -1.92. The molecule has 1 fully saturated rings. The molecule has 1 aliphatic heterocycles. The van der Waals surface area contributed by atoms with Crippen molar-refractivity contribution in [1.29, 1.82) is 0 Å². The molecule has 8 heteroatoms. The number of carbonyl (C=O) groups excluding carboxylic acids is 2. The monoisotopic (exact) mass is 502 g/mol. The molecule has 0 aliphatic carbocycles. The summed E-state index contributed by atoms with van der Waals surface area (Å²) in [6.45, 7) is 9.89. The van der Waals surface area contributed by atoms with Gasteiger partial charge in [0.1, 0.15) is 0 Å². The minimum absolute atomic E-state index is 0.0779. The molecular weight excluding hydrogens is 452 g/mol. The van der Waals surface area contributed by atoms with E-state index in [9.17, 15) is 14.7 Å². The second-order valence-electron chi connectivity index (χ2n) is 10.7. The Morgan fingerprint density at radius 1 is 0.912 bits per heavy atom. The van der Waals surface area contributed by atoms with Crippen LogP contribution in [0.2, 0.25) is 19.6 Å². The fourth-order valence-corrected chi connectivity index (χ4v) is 4.69. The van der Waals surface area contributed by atoms with Gasteiger partial charge in [-0.1, -0.05) is 90.4 Å². The second-order valence-corrected chi connectivity index (χ2v) is 15.3. The van der Waals surface area contributed by atoms with Crippen LogP contribution in [-0.2, 0) is 23.4 Å². The first-order valence-corrected chi connectivity index (χ1v) is 16.9. The molecule has 0 aromatic heterocycles. The van der Waals surface area contributed by atoms with Crippen LogP contribution in [-0.4, -0.2) is 56.6 Å². The molecule has 0 aromatic rings. The Morgan fingerprint density at radius 2 is 1.38 bits per heavy atom. The van der Waals surface area contributed by atoms with Crippen LogP contribution in [0, 0.1) is 0 Å². The topological polar surface area (TPSA) is 91.3 Å². The van der Waals surface area contributed by atoms with Gasteiger partial charge in [-0.05, 0) is 33.0 Å². The number of carbonyl (C=O) groups is 2. The van der Waals surface area contributed by atoms with Crippen molar-refractivity contribution in [3.63, 3.8) is 0 Å². The molecular formula is C26H50O7Si. The number of ether oxygens (including phenoxy) is 3. The number of rotatable bonds is 19. The average molecular weight is 503 g/mol. The molecule has 34 heavy (non-hydrogen) atoms. The third-order valence-electron chi connectivity index (χ3n) is 6.18. The Balaban J connectivity index is 2.09. The molecule has 0 amide bonds. The highest BCUT2D eigenvalue weighted by Gasteiger charge is 2.56. The van der Waals surface area contributed by atoms with Gasteiger partial charge >= 0.3 is 12.1 Å². The van der Waals surface area contributed by atoms with E-state index in [1.54, 1.807) is 0 Å². The second kappa shape index (κ2) is 16.5. The van der Waals surface area contributed by atoms with Crippen molar-refractivity contribution in [2.75, 3.05) is 13.2 Å². The largest absolute Gasteiger partial charge is 0.508 e. The summed E-state index contributed by atoms with van der Waals surface area (Å²) >= 11 is 0. The van der Waals surface area contributed by atoms with E-state index in [2.05, 4.69) is 6.92 Å². The average Bonchev–Trinajstić information content (AvgIpc) is 2.97. The maximum atomic E-state index is 12.1. The van der Waals surface area contributed by atoms with Crippen molar-refractivity contribution in [1.82, 2.24) is 0 Å². The van der Waals surface area contributed by atoms with Crippen molar-refractivity contribution in [2.24, 2.45) is 0 Å². The van der Waals surface area contributed by atoms with Crippen LogP contribution in [0.25, 0.3) is 0 Å². The molecule has 0 spiro atoms. The van der Waals surface area contributed by atoms with Gasteiger partial charge in [0.25, 0.3) is 0 Å². The van der Waals surface area contributed by atoms with Gasteiger partial charge in [-0.3, -0.25) is 0 Å². The van der Waals surface area contributed by atoms with Crippen molar-refractivity contribution < 1.29 is 33.3 Å². The fraction of sp³-hybridized carbons (Fsp3) is 0.923. The predicted octanol–water partition coefficient (Wildman–Crippen LogP) is 6.52. The van der Waals surface area contributed by atoms with Gasteiger partial charge in [-0.15, -0.1) is 0 Å². The van der Waals surface area contributed by atoms with Crippen LogP contribution < -0.4 is 0 Å². The van der Waals surface area contributed by atoms with Gasteiger partial charge in [-0.25, -0.2) is 9.59 Å². The molecule has 0 unspecified atom stereocenters. The molecule has 7 nitrogen and oxygen atoms in total. The fourth-order valence-electron chi connectivity index (χ4n) is 4.03. The Labute approximate surface area is 208 Å². The summed E-state index contributed by atoms with van der Waals surface area (Å²) in [5.74, 6) is -0.818. The van der Waals surface area contributed by atoms with E-state index >= 15 is 0 Å². The predicted molar refractivity (Wildman–Crippen MR) is 136 cm³/mol. The molecule has 1 rings (SSSR count). The molecule has 1 saturated heterocycles. The highest BCUT2D eigenvalue weighted by atomic mass is 28.4. The van der Waals surface area contributed by atoms with E-state index in [1.165, 1.54) is 77.6 Å². The van der Waals surface area contributed by atoms with Crippen LogP contribution in [0.5, 0.6) is 0 Å². The number of hydrogen-bond acceptors (Lipinski definition) is 7. The zero-order valence-corrected chi connectivity index (χ0v) is 23.4. The number of cyclic esters (lactones) is 1. The minimum atomic E-state index is -1.92. The standard InChI is InChI=1S/C26H50O7Si/c1-6-7-8-9-10-11-12-13-14-15-16-17-18-19-20-30-25(28)33-23-22(21-31-34(3,4)5)32-24(27)26(23,2)29/h22-23,29H,6-21H2,1-5H3/t22-,23-,26+/m1/s1. The van der Waals surface area contributed by atoms with E-state index in [-0.39, 0.29) is 13.2 Å². The van der Waals surface area contributed by atoms with Crippen LogP contribution in [0.1, 0.15) is 104 Å². The Bertz CT molecular complexity index is 574. The van der Waals surface area contributed by atoms with E-state index in [0.717, 1.165) is 19.3 Å². The number of esters is 1. The number of hydrogen-bond donors (Lipinski definition) is 1. The smallest absolute Gasteiger partial charge is 0.454 e. The summed E-state index contributed by atoms with van der Waals surface area (Å²) in [6.07, 6.45) is 14.7. The first-order valence-electron chi connectivity index (χ1n) is 13.5. The molecule has 1 N–H and O–H groups in total. The van der Waals surface area contributed by atoms with Crippen molar-refractivity contribution in [3.05, 3.63) is 0 Å². The van der Waals surface area contributed by atoms with Gasteiger partial charge in [0.15, 0.2) is 26.1 Å². The van der Waals surface area contributed by atoms with Gasteiger partial charge in [-0.2, -0.15) is 0 Å². The maximum Gasteiger partial charge on any atom is 0.508 e. The Kier molecular flexibility index (Phi) is 15.0. The molecule has 0 saturated carbocycles. The molecule has 1 aliphatic rings. The van der Waals surface area contributed by atoms with Crippen LogP contribution >= 0.6 is 0 Å². The van der Waals surface area contributed by atoms with Gasteiger partial charge in [0.05, 0.1) is 13.2 Å². The van der Waals surface area contributed by atoms with Crippen molar-refractivity contribution >= 4 is 20.4 Å². The third kappa shape index (κ3) is 13.1. The SMILES string of the molecule is CCCCCCCCCCCCCCCCOC(=O)O[C@@H]1[C@@H](CO[Si](C)(C)C)OC(=O)[C@@]1(C)O. The maximum absolute atomic E-state index is 12.1. The van der Waals surface area contributed by atoms with E-state index < -0.39 is 38.3 Å². The first-order chi connectivity index (χ1) is 16.1. The summed E-state index contributed by atoms with van der Waals surface area (Å²) in [6, 6.07) is 0. The summed E-state index contributed by atoms with van der Waals surface area (Å²) in [7, 11) is -1.86. The van der Waals surface area contributed by atoms with E-state index in [0.29, 0.717) is 0 Å². The zero-order chi connectivity index (χ0) is 25.5. The highest BCUT2D eigenvalue weighted by Crippen LogP contribution is 2.30. The highest BCUT2D eigenvalue weighted by molar-refractivity contribution is 6.69. The lowest BCUT2D eigenvalue weighted by atomic mass is 9.98. The Hall–Kier alpha value is -1.12. The van der Waals surface area contributed by atoms with Crippen molar-refractivity contribution in [2.45, 2.75) is 141 Å². The van der Waals surface area contributed by atoms with Crippen LogP contribution in [0.3, 0.4) is 0 Å². The molecule has 0 aromatic carbocycles. The lowest BCUT2D eigenvalue weighted by Gasteiger charge is -2.26. The molecule has 200 valence electrons.